The Labute approximate surface area is 87.5 Å². The minimum absolute atomic E-state index is 0.895. The van der Waals surface area contributed by atoms with Crippen LogP contribution in [0.5, 0.6) is 0 Å². The number of aromatic nitrogens is 2. The van der Waals surface area contributed by atoms with E-state index in [1.165, 1.54) is 37.8 Å². The maximum atomic E-state index is 4.24. The van der Waals surface area contributed by atoms with E-state index >= 15 is 0 Å². The summed E-state index contributed by atoms with van der Waals surface area (Å²) in [6.07, 6.45) is 8.71. The molecular weight excluding hydrogens is 228 g/mol. The van der Waals surface area contributed by atoms with E-state index in [1.54, 1.807) is 0 Å². The molecule has 0 atom stereocenters. The van der Waals surface area contributed by atoms with Gasteiger partial charge in [0.2, 0.25) is 0 Å². The third kappa shape index (κ3) is 1.96. The Morgan fingerprint density at radius 2 is 2.23 bits per heavy atom. The zero-order valence-corrected chi connectivity index (χ0v) is 9.55. The summed E-state index contributed by atoms with van der Waals surface area (Å²) in [5.74, 6) is 0.895. The first-order valence-corrected chi connectivity index (χ1v) is 5.72. The Bertz CT molecular complexity index is 268. The number of nitrogens with zero attached hydrogens (tertiary/aromatic N) is 2. The van der Waals surface area contributed by atoms with Gasteiger partial charge in [-0.25, -0.2) is 4.98 Å². The van der Waals surface area contributed by atoms with Crippen molar-refractivity contribution in [2.75, 3.05) is 0 Å². The molecule has 2 nitrogen and oxygen atoms in total. The standard InChI is InChI=1S/C10H15BrN2/c1-13-7-12-10(11)9(13)6-8-4-2-3-5-8/h7-8H,2-6H2,1H3. The van der Waals surface area contributed by atoms with Crippen LogP contribution in [0.1, 0.15) is 31.4 Å². The summed E-state index contributed by atoms with van der Waals surface area (Å²) in [5, 5.41) is 0. The van der Waals surface area contributed by atoms with Gasteiger partial charge in [0, 0.05) is 7.05 Å². The molecule has 1 aliphatic carbocycles. The second kappa shape index (κ2) is 3.82. The Kier molecular flexibility index (Phi) is 2.72. The summed E-state index contributed by atoms with van der Waals surface area (Å²) in [6, 6.07) is 0. The van der Waals surface area contributed by atoms with Crippen molar-refractivity contribution in [1.82, 2.24) is 9.55 Å². The molecule has 0 radical (unpaired) electrons. The van der Waals surface area contributed by atoms with Gasteiger partial charge in [0.15, 0.2) is 0 Å². The van der Waals surface area contributed by atoms with E-state index in [0.29, 0.717) is 0 Å². The highest BCUT2D eigenvalue weighted by Crippen LogP contribution is 2.29. The number of halogens is 1. The largest absolute Gasteiger partial charge is 0.337 e. The molecule has 0 spiro atoms. The fourth-order valence-corrected chi connectivity index (χ4v) is 2.68. The lowest BCUT2D eigenvalue weighted by Crippen LogP contribution is -2.03. The lowest BCUT2D eigenvalue weighted by Gasteiger charge is -2.09. The molecule has 1 aromatic rings. The Morgan fingerprint density at radius 1 is 1.54 bits per heavy atom. The van der Waals surface area contributed by atoms with Crippen LogP contribution >= 0.6 is 15.9 Å². The highest BCUT2D eigenvalue weighted by atomic mass is 79.9. The monoisotopic (exact) mass is 242 g/mol. The van der Waals surface area contributed by atoms with Crippen LogP contribution in [0, 0.1) is 5.92 Å². The molecule has 0 unspecified atom stereocenters. The maximum Gasteiger partial charge on any atom is 0.127 e. The average molecular weight is 243 g/mol. The van der Waals surface area contributed by atoms with Crippen LogP contribution in [-0.2, 0) is 13.5 Å². The summed E-state index contributed by atoms with van der Waals surface area (Å²) in [6.45, 7) is 0. The van der Waals surface area contributed by atoms with Gasteiger partial charge in [-0.2, -0.15) is 0 Å². The summed E-state index contributed by atoms with van der Waals surface area (Å²) >= 11 is 3.49. The van der Waals surface area contributed by atoms with E-state index < -0.39 is 0 Å². The predicted octanol–water partition coefficient (Wildman–Crippen LogP) is 2.92. The molecule has 0 N–H and O–H groups in total. The average Bonchev–Trinajstić information content (AvgIpc) is 2.70. The number of aryl methyl sites for hydroxylation is 1. The zero-order chi connectivity index (χ0) is 9.26. The second-order valence-corrected chi connectivity index (χ2v) is 4.70. The smallest absolute Gasteiger partial charge is 0.127 e. The van der Waals surface area contributed by atoms with E-state index in [4.69, 9.17) is 0 Å². The van der Waals surface area contributed by atoms with Crippen molar-refractivity contribution in [2.24, 2.45) is 13.0 Å². The third-order valence-corrected chi connectivity index (χ3v) is 3.63. The molecule has 0 aliphatic heterocycles. The molecule has 0 bridgehead atoms. The molecule has 1 fully saturated rings. The van der Waals surface area contributed by atoms with Crippen molar-refractivity contribution in [3.63, 3.8) is 0 Å². The molecule has 2 rings (SSSR count). The van der Waals surface area contributed by atoms with E-state index in [-0.39, 0.29) is 0 Å². The fourth-order valence-electron chi connectivity index (χ4n) is 2.14. The molecule has 1 heterocycles. The molecule has 3 heteroatoms. The van der Waals surface area contributed by atoms with Crippen LogP contribution < -0.4 is 0 Å². The number of rotatable bonds is 2. The van der Waals surface area contributed by atoms with Gasteiger partial charge in [0.05, 0.1) is 12.0 Å². The minimum atomic E-state index is 0.895. The SMILES string of the molecule is Cn1cnc(Br)c1CC1CCCC1. The molecular formula is C10H15BrN2. The quantitative estimate of drug-likeness (QED) is 0.780. The zero-order valence-electron chi connectivity index (χ0n) is 7.96. The lowest BCUT2D eigenvalue weighted by molar-refractivity contribution is 0.528. The van der Waals surface area contributed by atoms with Crippen molar-refractivity contribution in [3.05, 3.63) is 16.6 Å². The minimum Gasteiger partial charge on any atom is -0.337 e. The van der Waals surface area contributed by atoms with Crippen molar-refractivity contribution >= 4 is 15.9 Å². The highest BCUT2D eigenvalue weighted by molar-refractivity contribution is 9.10. The summed E-state index contributed by atoms with van der Waals surface area (Å²) in [4.78, 5) is 4.24. The van der Waals surface area contributed by atoms with Crippen LogP contribution in [0.3, 0.4) is 0 Å². The molecule has 0 amide bonds. The first-order valence-electron chi connectivity index (χ1n) is 4.93. The van der Waals surface area contributed by atoms with Crippen molar-refractivity contribution in [1.29, 1.82) is 0 Å². The first-order chi connectivity index (χ1) is 6.27. The molecule has 0 saturated heterocycles. The van der Waals surface area contributed by atoms with Crippen LogP contribution in [-0.4, -0.2) is 9.55 Å². The van der Waals surface area contributed by atoms with Gasteiger partial charge in [-0.15, -0.1) is 0 Å². The highest BCUT2D eigenvalue weighted by Gasteiger charge is 2.18. The van der Waals surface area contributed by atoms with Gasteiger partial charge in [0.25, 0.3) is 0 Å². The molecule has 72 valence electrons. The summed E-state index contributed by atoms with van der Waals surface area (Å²) < 4.78 is 3.16. The Hall–Kier alpha value is -0.310. The second-order valence-electron chi connectivity index (χ2n) is 3.95. The van der Waals surface area contributed by atoms with E-state index in [2.05, 4.69) is 32.5 Å². The van der Waals surface area contributed by atoms with Gasteiger partial charge in [-0.05, 0) is 28.3 Å². The van der Waals surface area contributed by atoms with Crippen LogP contribution in [0.15, 0.2) is 10.9 Å². The Balaban J connectivity index is 2.07. The van der Waals surface area contributed by atoms with Crippen LogP contribution in [0.2, 0.25) is 0 Å². The number of imidazole rings is 1. The van der Waals surface area contributed by atoms with E-state index in [0.717, 1.165) is 10.5 Å². The molecule has 1 saturated carbocycles. The van der Waals surface area contributed by atoms with Gasteiger partial charge in [0.1, 0.15) is 4.60 Å². The number of hydrogen-bond acceptors (Lipinski definition) is 1. The fraction of sp³-hybridized carbons (Fsp3) is 0.700. The molecule has 13 heavy (non-hydrogen) atoms. The Morgan fingerprint density at radius 3 is 2.77 bits per heavy atom. The van der Waals surface area contributed by atoms with Gasteiger partial charge < -0.3 is 4.57 Å². The number of hydrogen-bond donors (Lipinski definition) is 0. The topological polar surface area (TPSA) is 17.8 Å². The van der Waals surface area contributed by atoms with E-state index in [1.807, 2.05) is 6.33 Å². The van der Waals surface area contributed by atoms with Crippen molar-refractivity contribution < 1.29 is 0 Å². The molecule has 0 aromatic carbocycles. The van der Waals surface area contributed by atoms with Crippen molar-refractivity contribution in [2.45, 2.75) is 32.1 Å². The lowest BCUT2D eigenvalue weighted by atomic mass is 10.0. The van der Waals surface area contributed by atoms with Gasteiger partial charge >= 0.3 is 0 Å². The molecule has 1 aliphatic rings. The summed E-state index contributed by atoms with van der Waals surface area (Å²) in [5.41, 5.74) is 1.35. The molecule has 1 aromatic heterocycles. The van der Waals surface area contributed by atoms with Gasteiger partial charge in [-0.3, -0.25) is 0 Å². The van der Waals surface area contributed by atoms with E-state index in [9.17, 15) is 0 Å². The third-order valence-electron chi connectivity index (χ3n) is 2.96. The van der Waals surface area contributed by atoms with Crippen LogP contribution in [0.25, 0.3) is 0 Å². The van der Waals surface area contributed by atoms with Crippen LogP contribution in [0.4, 0.5) is 0 Å². The maximum absolute atomic E-state index is 4.24. The summed E-state index contributed by atoms with van der Waals surface area (Å²) in [7, 11) is 2.07. The first kappa shape index (κ1) is 9.25. The van der Waals surface area contributed by atoms with Gasteiger partial charge in [-0.1, -0.05) is 25.7 Å². The van der Waals surface area contributed by atoms with Crippen molar-refractivity contribution in [3.8, 4) is 0 Å². The normalized spacial score (nSPS) is 18.3. The predicted molar refractivity (Wildman–Crippen MR) is 56.6 cm³/mol.